The van der Waals surface area contributed by atoms with Crippen molar-refractivity contribution in [3.63, 3.8) is 0 Å². The number of morpholine rings is 1. The Hall–Kier alpha value is -0.570. The average molecular weight is 242 g/mol. The molecule has 0 saturated carbocycles. The Morgan fingerprint density at radius 2 is 1.94 bits per heavy atom. The molecule has 1 aliphatic rings. The molecule has 0 bridgehead atoms. The number of ether oxygens (including phenoxy) is 1. The van der Waals surface area contributed by atoms with Gasteiger partial charge in [-0.2, -0.15) is 0 Å². The van der Waals surface area contributed by atoms with Crippen molar-refractivity contribution in [3.05, 3.63) is 35.4 Å². The predicted octanol–water partition coefficient (Wildman–Crippen LogP) is 2.89. The van der Waals surface area contributed by atoms with E-state index in [1.165, 1.54) is 11.1 Å². The van der Waals surface area contributed by atoms with Crippen LogP contribution >= 0.6 is 12.4 Å². The first kappa shape index (κ1) is 13.5. The van der Waals surface area contributed by atoms with Gasteiger partial charge < -0.3 is 10.1 Å². The lowest BCUT2D eigenvalue weighted by Crippen LogP contribution is -2.34. The normalized spacial score (nSPS) is 20.6. The van der Waals surface area contributed by atoms with Crippen LogP contribution in [-0.4, -0.2) is 19.8 Å². The maximum absolute atomic E-state index is 5.45. The molecule has 0 aromatic heterocycles. The Morgan fingerprint density at radius 1 is 1.25 bits per heavy atom. The molecule has 1 N–H and O–H groups in total. The fourth-order valence-electron chi connectivity index (χ4n) is 1.89. The van der Waals surface area contributed by atoms with Crippen molar-refractivity contribution < 1.29 is 4.74 Å². The molecule has 0 amide bonds. The maximum atomic E-state index is 5.45. The third-order valence-corrected chi connectivity index (χ3v) is 2.93. The van der Waals surface area contributed by atoms with Crippen molar-refractivity contribution >= 4 is 12.4 Å². The Bertz CT molecular complexity index is 304. The minimum Gasteiger partial charge on any atom is -0.378 e. The van der Waals surface area contributed by atoms with Gasteiger partial charge in [0.05, 0.1) is 19.3 Å². The van der Waals surface area contributed by atoms with Crippen molar-refractivity contribution in [2.24, 2.45) is 0 Å². The van der Waals surface area contributed by atoms with E-state index >= 15 is 0 Å². The van der Waals surface area contributed by atoms with Gasteiger partial charge >= 0.3 is 0 Å². The van der Waals surface area contributed by atoms with Crippen LogP contribution in [0.15, 0.2) is 24.3 Å². The first-order valence-corrected chi connectivity index (χ1v) is 5.68. The number of halogens is 1. The highest BCUT2D eigenvalue weighted by Gasteiger charge is 2.14. The molecule has 1 atom stereocenters. The molecule has 16 heavy (non-hydrogen) atoms. The van der Waals surface area contributed by atoms with Gasteiger partial charge in [0.1, 0.15) is 0 Å². The predicted molar refractivity (Wildman–Crippen MR) is 69.3 cm³/mol. The summed E-state index contributed by atoms with van der Waals surface area (Å²) in [6.45, 7) is 7.02. The summed E-state index contributed by atoms with van der Waals surface area (Å²) >= 11 is 0. The summed E-state index contributed by atoms with van der Waals surface area (Å²) in [6, 6.07) is 9.23. The highest BCUT2D eigenvalue weighted by molar-refractivity contribution is 5.85. The van der Waals surface area contributed by atoms with E-state index in [1.54, 1.807) is 0 Å². The van der Waals surface area contributed by atoms with Crippen LogP contribution in [0.3, 0.4) is 0 Å². The van der Waals surface area contributed by atoms with E-state index in [-0.39, 0.29) is 12.4 Å². The lowest BCUT2D eigenvalue weighted by Gasteiger charge is -2.24. The van der Waals surface area contributed by atoms with E-state index in [4.69, 9.17) is 4.74 Å². The first-order chi connectivity index (χ1) is 7.27. The van der Waals surface area contributed by atoms with E-state index in [9.17, 15) is 0 Å². The second-order valence-electron chi connectivity index (χ2n) is 4.40. The van der Waals surface area contributed by atoms with Gasteiger partial charge in [-0.05, 0) is 17.0 Å². The Kier molecular flexibility index (Phi) is 5.26. The van der Waals surface area contributed by atoms with Crippen LogP contribution in [0.25, 0.3) is 0 Å². The molecule has 1 fully saturated rings. The smallest absolute Gasteiger partial charge is 0.0662 e. The van der Waals surface area contributed by atoms with Gasteiger partial charge in [-0.3, -0.25) is 0 Å². The van der Waals surface area contributed by atoms with E-state index in [0.29, 0.717) is 12.0 Å². The summed E-state index contributed by atoms with van der Waals surface area (Å²) in [5.74, 6) is 0.606. The van der Waals surface area contributed by atoms with Crippen molar-refractivity contribution in [1.29, 1.82) is 0 Å². The Labute approximate surface area is 104 Å². The molecule has 1 aromatic rings. The summed E-state index contributed by atoms with van der Waals surface area (Å²) in [7, 11) is 0. The minimum atomic E-state index is 0. The van der Waals surface area contributed by atoms with Crippen LogP contribution in [0.4, 0.5) is 0 Å². The number of nitrogens with one attached hydrogen (secondary N) is 1. The van der Waals surface area contributed by atoms with Crippen molar-refractivity contribution in [3.8, 4) is 0 Å². The molecular weight excluding hydrogens is 222 g/mol. The summed E-state index contributed by atoms with van der Waals surface area (Å²) in [6.07, 6.45) is 0. The molecule has 1 aromatic carbocycles. The molecule has 2 nitrogen and oxygen atoms in total. The Balaban J connectivity index is 0.00000128. The van der Waals surface area contributed by atoms with E-state index in [1.807, 2.05) is 0 Å². The number of hydrogen-bond acceptors (Lipinski definition) is 2. The topological polar surface area (TPSA) is 21.3 Å². The zero-order valence-corrected chi connectivity index (χ0v) is 10.7. The molecule has 2 rings (SSSR count). The zero-order valence-electron chi connectivity index (χ0n) is 9.90. The molecule has 0 aliphatic carbocycles. The van der Waals surface area contributed by atoms with Crippen molar-refractivity contribution in [2.75, 3.05) is 19.8 Å². The van der Waals surface area contributed by atoms with E-state index < -0.39 is 0 Å². The second-order valence-corrected chi connectivity index (χ2v) is 4.40. The lowest BCUT2D eigenvalue weighted by molar-refractivity contribution is 0.0769. The average Bonchev–Trinajstić information content (AvgIpc) is 2.30. The van der Waals surface area contributed by atoms with Gasteiger partial charge in [-0.1, -0.05) is 38.1 Å². The molecule has 90 valence electrons. The summed E-state index contributed by atoms with van der Waals surface area (Å²) in [5, 5.41) is 3.46. The molecular formula is C13H20ClNO. The molecule has 3 heteroatoms. The molecule has 0 radical (unpaired) electrons. The fraction of sp³-hybridized carbons (Fsp3) is 0.538. The molecule has 1 heterocycles. The highest BCUT2D eigenvalue weighted by Crippen LogP contribution is 2.19. The molecule has 0 spiro atoms. The summed E-state index contributed by atoms with van der Waals surface area (Å²) < 4.78 is 5.45. The van der Waals surface area contributed by atoms with Gasteiger partial charge in [0.25, 0.3) is 0 Å². The SMILES string of the molecule is CC(C)c1ccc([C@H]2COCCN2)cc1.Cl. The standard InChI is InChI=1S/C13H19NO.ClH/c1-10(2)11-3-5-12(6-4-11)13-9-15-8-7-14-13;/h3-6,10,13-14H,7-9H2,1-2H3;1H/t13-;/m1./s1. The van der Waals surface area contributed by atoms with E-state index in [2.05, 4.69) is 43.4 Å². The number of hydrogen-bond donors (Lipinski definition) is 1. The van der Waals surface area contributed by atoms with Gasteiger partial charge in [-0.15, -0.1) is 12.4 Å². The number of rotatable bonds is 2. The molecule has 0 unspecified atom stereocenters. The molecule has 1 aliphatic heterocycles. The van der Waals surface area contributed by atoms with Crippen LogP contribution in [0.5, 0.6) is 0 Å². The highest BCUT2D eigenvalue weighted by atomic mass is 35.5. The van der Waals surface area contributed by atoms with Gasteiger partial charge in [0.15, 0.2) is 0 Å². The van der Waals surface area contributed by atoms with Crippen LogP contribution in [0.1, 0.15) is 36.9 Å². The van der Waals surface area contributed by atoms with Gasteiger partial charge in [0.2, 0.25) is 0 Å². The first-order valence-electron chi connectivity index (χ1n) is 5.68. The molecule has 1 saturated heterocycles. The minimum absolute atomic E-state index is 0. The lowest BCUT2D eigenvalue weighted by atomic mass is 9.99. The Morgan fingerprint density at radius 3 is 2.44 bits per heavy atom. The fourth-order valence-corrected chi connectivity index (χ4v) is 1.89. The van der Waals surface area contributed by atoms with Gasteiger partial charge in [0, 0.05) is 6.54 Å². The monoisotopic (exact) mass is 241 g/mol. The second kappa shape index (κ2) is 6.24. The van der Waals surface area contributed by atoms with Crippen molar-refractivity contribution in [1.82, 2.24) is 5.32 Å². The van der Waals surface area contributed by atoms with Gasteiger partial charge in [-0.25, -0.2) is 0 Å². The van der Waals surface area contributed by atoms with E-state index in [0.717, 1.165) is 19.8 Å². The van der Waals surface area contributed by atoms with Crippen molar-refractivity contribution in [2.45, 2.75) is 25.8 Å². The maximum Gasteiger partial charge on any atom is 0.0662 e. The van der Waals surface area contributed by atoms with Crippen LogP contribution < -0.4 is 5.32 Å². The largest absolute Gasteiger partial charge is 0.378 e. The third kappa shape index (κ3) is 3.21. The summed E-state index contributed by atoms with van der Waals surface area (Å²) in [4.78, 5) is 0. The quantitative estimate of drug-likeness (QED) is 0.860. The zero-order chi connectivity index (χ0) is 10.7. The van der Waals surface area contributed by atoms with Crippen LogP contribution in [0.2, 0.25) is 0 Å². The third-order valence-electron chi connectivity index (χ3n) is 2.93. The number of benzene rings is 1. The summed E-state index contributed by atoms with van der Waals surface area (Å²) in [5.41, 5.74) is 2.73. The van der Waals surface area contributed by atoms with Crippen LogP contribution in [0, 0.1) is 0 Å². The van der Waals surface area contributed by atoms with Crippen LogP contribution in [-0.2, 0) is 4.74 Å².